The Labute approximate surface area is 237 Å². The van der Waals surface area contributed by atoms with Crippen molar-refractivity contribution in [3.05, 3.63) is 77.1 Å². The van der Waals surface area contributed by atoms with Crippen LogP contribution in [0.4, 0.5) is 10.1 Å². The van der Waals surface area contributed by atoms with E-state index in [0.717, 1.165) is 37.1 Å². The maximum absolute atomic E-state index is 13.3. The van der Waals surface area contributed by atoms with Gasteiger partial charge in [0.05, 0.1) is 18.2 Å². The molecule has 7 nitrogen and oxygen atoms in total. The Balaban J connectivity index is 1.50. The lowest BCUT2D eigenvalue weighted by atomic mass is 9.86. The van der Waals surface area contributed by atoms with Gasteiger partial charge in [-0.2, -0.15) is 0 Å². The van der Waals surface area contributed by atoms with Gasteiger partial charge in [-0.3, -0.25) is 9.59 Å². The predicted octanol–water partition coefficient (Wildman–Crippen LogP) is 4.61. The molecule has 0 saturated carbocycles. The van der Waals surface area contributed by atoms with Crippen LogP contribution >= 0.6 is 0 Å². The molecule has 1 fully saturated rings. The number of benzene rings is 2. The van der Waals surface area contributed by atoms with Gasteiger partial charge in [0.1, 0.15) is 5.82 Å². The van der Waals surface area contributed by atoms with E-state index >= 15 is 0 Å². The second kappa shape index (κ2) is 14.4. The average molecular weight is 551 g/mol. The summed E-state index contributed by atoms with van der Waals surface area (Å²) in [5.74, 6) is -0.636. The molecule has 1 aliphatic heterocycles. The summed E-state index contributed by atoms with van der Waals surface area (Å²) in [6, 6.07) is 14.2. The normalized spacial score (nSPS) is 20.9. The highest BCUT2D eigenvalue weighted by Crippen LogP contribution is 2.26. The van der Waals surface area contributed by atoms with Crippen molar-refractivity contribution in [2.45, 2.75) is 90.3 Å². The van der Waals surface area contributed by atoms with Crippen molar-refractivity contribution in [1.29, 1.82) is 0 Å². The third kappa shape index (κ3) is 8.15. The molecule has 1 saturated heterocycles. The highest BCUT2D eigenvalue weighted by atomic mass is 19.1. The van der Waals surface area contributed by atoms with E-state index in [-0.39, 0.29) is 35.8 Å². The molecule has 3 N–H and O–H groups in total. The zero-order valence-corrected chi connectivity index (χ0v) is 23.9. The van der Waals surface area contributed by atoms with Gasteiger partial charge in [0, 0.05) is 50.4 Å². The zero-order chi connectivity index (χ0) is 28.5. The van der Waals surface area contributed by atoms with Crippen LogP contribution in [0.15, 0.2) is 60.2 Å². The SMILES string of the molecule is CCC(CC)O[C@@H]1C=C(C(=O)NCc2ccc(F)cc2)C[C@H](NCc2ccc(N3CCCC3)cc2)[C@H]1NC(C)=O. The molecule has 216 valence electrons. The minimum Gasteiger partial charge on any atom is -0.372 e. The largest absolute Gasteiger partial charge is 0.372 e. The molecule has 2 amide bonds. The van der Waals surface area contributed by atoms with Crippen LogP contribution in [-0.2, 0) is 27.4 Å². The van der Waals surface area contributed by atoms with E-state index in [4.69, 9.17) is 4.74 Å². The van der Waals surface area contributed by atoms with E-state index in [1.54, 1.807) is 12.1 Å². The standard InChI is InChI=1S/C32H43FN4O3/c1-4-28(5-2)40-30-19-25(32(39)35-21-23-8-12-26(33)13-9-23)18-29(31(30)36-22(3)38)34-20-24-10-14-27(15-11-24)37-16-6-7-17-37/h8-15,19,28-31,34H,4-7,16-18,20-21H2,1-3H3,(H,35,39)(H,36,38)/t29-,30+,31+/m0/s1. The molecule has 0 radical (unpaired) electrons. The highest BCUT2D eigenvalue weighted by Gasteiger charge is 2.37. The lowest BCUT2D eigenvalue weighted by Crippen LogP contribution is -2.58. The van der Waals surface area contributed by atoms with Gasteiger partial charge in [0.2, 0.25) is 11.8 Å². The van der Waals surface area contributed by atoms with Crippen molar-refractivity contribution in [2.75, 3.05) is 18.0 Å². The maximum Gasteiger partial charge on any atom is 0.247 e. The molecule has 3 atom stereocenters. The molecule has 0 aromatic heterocycles. The number of nitrogens with zero attached hydrogens (tertiary/aromatic N) is 1. The van der Waals surface area contributed by atoms with Gasteiger partial charge in [-0.05, 0) is 73.6 Å². The first kappa shape index (κ1) is 29.7. The van der Waals surface area contributed by atoms with Crippen molar-refractivity contribution in [1.82, 2.24) is 16.0 Å². The van der Waals surface area contributed by atoms with Crippen LogP contribution in [0.5, 0.6) is 0 Å². The zero-order valence-electron chi connectivity index (χ0n) is 23.9. The van der Waals surface area contributed by atoms with E-state index < -0.39 is 6.10 Å². The third-order valence-electron chi connectivity index (χ3n) is 7.86. The molecule has 40 heavy (non-hydrogen) atoms. The number of anilines is 1. The smallest absolute Gasteiger partial charge is 0.247 e. The molecule has 2 aromatic carbocycles. The monoisotopic (exact) mass is 550 g/mol. The summed E-state index contributed by atoms with van der Waals surface area (Å²) in [5.41, 5.74) is 3.82. The van der Waals surface area contributed by atoms with Gasteiger partial charge >= 0.3 is 0 Å². The first-order valence-electron chi connectivity index (χ1n) is 14.6. The third-order valence-corrected chi connectivity index (χ3v) is 7.86. The molecule has 2 aromatic rings. The fourth-order valence-corrected chi connectivity index (χ4v) is 5.52. The Bertz CT molecular complexity index is 1140. The Kier molecular flexibility index (Phi) is 10.7. The quantitative estimate of drug-likeness (QED) is 0.360. The van der Waals surface area contributed by atoms with Gasteiger partial charge in [0.25, 0.3) is 0 Å². The van der Waals surface area contributed by atoms with Gasteiger partial charge in [-0.25, -0.2) is 4.39 Å². The van der Waals surface area contributed by atoms with Crippen molar-refractivity contribution < 1.29 is 18.7 Å². The molecular weight excluding hydrogens is 507 g/mol. The number of ether oxygens (including phenoxy) is 1. The minimum atomic E-state index is -0.454. The number of hydrogen-bond donors (Lipinski definition) is 3. The van der Waals surface area contributed by atoms with Crippen LogP contribution in [0.25, 0.3) is 0 Å². The van der Waals surface area contributed by atoms with E-state index in [0.29, 0.717) is 25.1 Å². The van der Waals surface area contributed by atoms with E-state index in [9.17, 15) is 14.0 Å². The lowest BCUT2D eigenvalue weighted by molar-refractivity contribution is -0.121. The van der Waals surface area contributed by atoms with E-state index in [1.807, 2.05) is 6.08 Å². The van der Waals surface area contributed by atoms with Crippen molar-refractivity contribution >= 4 is 17.5 Å². The van der Waals surface area contributed by atoms with Crippen LogP contribution in [0.3, 0.4) is 0 Å². The lowest BCUT2D eigenvalue weighted by Gasteiger charge is -2.39. The molecule has 8 heteroatoms. The maximum atomic E-state index is 13.3. The molecular formula is C32H43FN4O3. The summed E-state index contributed by atoms with van der Waals surface area (Å²) >= 11 is 0. The fraction of sp³-hybridized carbons (Fsp3) is 0.500. The Morgan fingerprint density at radius 3 is 2.23 bits per heavy atom. The summed E-state index contributed by atoms with van der Waals surface area (Å²) < 4.78 is 19.7. The van der Waals surface area contributed by atoms with Gasteiger partial charge in [-0.15, -0.1) is 0 Å². The summed E-state index contributed by atoms with van der Waals surface area (Å²) in [6.45, 7) is 8.77. The summed E-state index contributed by atoms with van der Waals surface area (Å²) in [7, 11) is 0. The molecule has 4 rings (SSSR count). The topological polar surface area (TPSA) is 82.7 Å². The Morgan fingerprint density at radius 2 is 1.60 bits per heavy atom. The first-order chi connectivity index (χ1) is 19.4. The molecule has 1 heterocycles. The highest BCUT2D eigenvalue weighted by molar-refractivity contribution is 5.94. The molecule has 0 spiro atoms. The van der Waals surface area contributed by atoms with Crippen molar-refractivity contribution in [3.8, 4) is 0 Å². The predicted molar refractivity (Wildman–Crippen MR) is 156 cm³/mol. The first-order valence-corrected chi connectivity index (χ1v) is 14.6. The molecule has 2 aliphatic rings. The second-order valence-corrected chi connectivity index (χ2v) is 10.8. The van der Waals surface area contributed by atoms with Gasteiger partial charge < -0.3 is 25.6 Å². The van der Waals surface area contributed by atoms with Crippen LogP contribution in [0, 0.1) is 5.82 Å². The second-order valence-electron chi connectivity index (χ2n) is 10.8. The number of rotatable bonds is 12. The van der Waals surface area contributed by atoms with E-state index in [2.05, 4.69) is 59.0 Å². The van der Waals surface area contributed by atoms with Gasteiger partial charge in [-0.1, -0.05) is 38.1 Å². The molecule has 0 bridgehead atoms. The Hall–Kier alpha value is -3.23. The number of amides is 2. The molecule has 0 unspecified atom stereocenters. The van der Waals surface area contributed by atoms with Crippen LogP contribution in [-0.4, -0.2) is 49.2 Å². The summed E-state index contributed by atoms with van der Waals surface area (Å²) in [6.07, 6.45) is 6.01. The van der Waals surface area contributed by atoms with Crippen LogP contribution < -0.4 is 20.9 Å². The number of carbonyl (C=O) groups excluding carboxylic acids is 2. The summed E-state index contributed by atoms with van der Waals surface area (Å²) in [5, 5.41) is 9.68. The number of halogens is 1. The van der Waals surface area contributed by atoms with Crippen molar-refractivity contribution in [2.24, 2.45) is 0 Å². The number of carbonyl (C=O) groups is 2. The number of nitrogens with one attached hydrogen (secondary N) is 3. The average Bonchev–Trinajstić information content (AvgIpc) is 3.50. The summed E-state index contributed by atoms with van der Waals surface area (Å²) in [4.78, 5) is 27.9. The Morgan fingerprint density at radius 1 is 0.975 bits per heavy atom. The number of hydrogen-bond acceptors (Lipinski definition) is 5. The fourth-order valence-electron chi connectivity index (χ4n) is 5.52. The molecule has 1 aliphatic carbocycles. The van der Waals surface area contributed by atoms with Crippen LogP contribution in [0.2, 0.25) is 0 Å². The van der Waals surface area contributed by atoms with Crippen molar-refractivity contribution in [3.63, 3.8) is 0 Å². The van der Waals surface area contributed by atoms with E-state index in [1.165, 1.54) is 37.6 Å². The minimum absolute atomic E-state index is 0.0120. The van der Waals surface area contributed by atoms with Gasteiger partial charge in [0.15, 0.2) is 0 Å². The van der Waals surface area contributed by atoms with Crippen LogP contribution in [0.1, 0.15) is 64.0 Å².